The van der Waals surface area contributed by atoms with Gasteiger partial charge in [-0.05, 0) is 120 Å². The minimum absolute atomic E-state index is 0.00274. The topological polar surface area (TPSA) is 113 Å². The number of esters is 1. The number of carbonyl (C=O) groups is 3. The third kappa shape index (κ3) is 6.11. The summed E-state index contributed by atoms with van der Waals surface area (Å²) < 4.78 is 12.2. The Morgan fingerprint density at radius 3 is 2.38 bits per heavy atom. The van der Waals surface area contributed by atoms with Gasteiger partial charge in [0, 0.05) is 35.5 Å². The maximum absolute atomic E-state index is 15.1. The van der Waals surface area contributed by atoms with Gasteiger partial charge in [-0.3, -0.25) is 14.4 Å². The van der Waals surface area contributed by atoms with Crippen molar-refractivity contribution in [2.75, 3.05) is 19.7 Å². The van der Waals surface area contributed by atoms with Gasteiger partial charge in [0.15, 0.2) is 11.4 Å². The highest BCUT2D eigenvalue weighted by atomic mass is 16.6. The van der Waals surface area contributed by atoms with Gasteiger partial charge in [-0.15, -0.1) is 0 Å². The zero-order valence-electron chi connectivity index (χ0n) is 32.4. The van der Waals surface area contributed by atoms with Crippen molar-refractivity contribution in [1.29, 1.82) is 0 Å². The summed E-state index contributed by atoms with van der Waals surface area (Å²) in [7, 11) is 0. The van der Waals surface area contributed by atoms with Gasteiger partial charge in [0.25, 0.3) is 5.91 Å². The molecule has 1 aromatic carbocycles. The van der Waals surface area contributed by atoms with Crippen LogP contribution < -0.4 is 0 Å². The van der Waals surface area contributed by atoms with Gasteiger partial charge >= 0.3 is 5.97 Å². The van der Waals surface area contributed by atoms with Crippen LogP contribution in [0, 0.1) is 22.2 Å². The minimum Gasteiger partial charge on any atom is -0.448 e. The molecule has 4 bridgehead atoms. The Bertz CT molecular complexity index is 1590. The highest BCUT2D eigenvalue weighted by Gasteiger charge is 2.76. The normalized spacial score (nSPS) is 37.7. The van der Waals surface area contributed by atoms with Crippen molar-refractivity contribution in [2.45, 2.75) is 167 Å². The van der Waals surface area contributed by atoms with Crippen molar-refractivity contribution in [3.63, 3.8) is 0 Å². The summed E-state index contributed by atoms with van der Waals surface area (Å²) >= 11 is 0. The van der Waals surface area contributed by atoms with E-state index >= 15 is 4.79 Å². The molecule has 0 spiro atoms. The number of aliphatic hydroxyl groups excluding tert-OH is 1. The summed E-state index contributed by atoms with van der Waals surface area (Å²) in [6, 6.07) is 6.26. The molecule has 52 heavy (non-hydrogen) atoms. The minimum atomic E-state index is -1.28. The molecule has 7 aliphatic rings. The highest BCUT2D eigenvalue weighted by molar-refractivity contribution is 6.00. The molecule has 5 aliphatic carbocycles. The second-order valence-corrected chi connectivity index (χ2v) is 18.6. The van der Waals surface area contributed by atoms with Crippen molar-refractivity contribution in [3.8, 4) is 0 Å². The fourth-order valence-electron chi connectivity index (χ4n) is 11.3. The molecule has 1 amide bonds. The maximum Gasteiger partial charge on any atom is 0.313 e. The molecule has 7 unspecified atom stereocenters. The molecule has 8 heteroatoms. The van der Waals surface area contributed by atoms with E-state index in [1.165, 1.54) is 12.0 Å². The molecule has 0 aromatic heterocycles. The van der Waals surface area contributed by atoms with Crippen molar-refractivity contribution >= 4 is 17.7 Å². The number of aliphatic hydroxyl groups is 2. The molecule has 2 N–H and O–H groups in total. The molecule has 3 saturated carbocycles. The van der Waals surface area contributed by atoms with Crippen LogP contribution in [0.5, 0.6) is 0 Å². The number of allylic oxidation sites excluding steroid dienone is 2. The standard InChI is InChI=1S/C44H63NO7/c1-29-11-9-20-41(4)36(34-18-16-30(25-32(46)17-15-29)26-35(34)37(47)31-12-7-6-8-13-31)19-21-43(41,50)28-45(27-33-14-10-24-51-33)38(48)44-23-22-42(5,39(49)52-44)40(44,2)3/h11,16,18,26,31-33,36,46,50H,6-10,12-15,17,19-25,27-28H2,1-5H3. The zero-order valence-corrected chi connectivity index (χ0v) is 32.4. The predicted octanol–water partition coefficient (Wildman–Crippen LogP) is 7.62. The Hall–Kier alpha value is -2.55. The van der Waals surface area contributed by atoms with E-state index in [4.69, 9.17) is 9.47 Å². The number of carbonyl (C=O) groups excluding carboxylic acids is 3. The van der Waals surface area contributed by atoms with Gasteiger partial charge in [0.05, 0.1) is 29.8 Å². The van der Waals surface area contributed by atoms with Crippen molar-refractivity contribution in [2.24, 2.45) is 22.2 Å². The van der Waals surface area contributed by atoms with Crippen molar-refractivity contribution in [1.82, 2.24) is 4.90 Å². The summed E-state index contributed by atoms with van der Waals surface area (Å²) in [4.78, 5) is 44.7. The molecule has 0 radical (unpaired) electrons. The van der Waals surface area contributed by atoms with E-state index in [-0.39, 0.29) is 42.1 Å². The molecular weight excluding hydrogens is 654 g/mol. The Balaban J connectivity index is 1.29. The highest BCUT2D eigenvalue weighted by Crippen LogP contribution is 2.66. The van der Waals surface area contributed by atoms with Crippen LogP contribution in [0.4, 0.5) is 0 Å². The third-order valence-electron chi connectivity index (χ3n) is 15.5. The van der Waals surface area contributed by atoms with Crippen molar-refractivity contribution < 1.29 is 34.1 Å². The largest absolute Gasteiger partial charge is 0.448 e. The van der Waals surface area contributed by atoms with Crippen LogP contribution >= 0.6 is 0 Å². The number of ether oxygens (including phenoxy) is 2. The van der Waals surface area contributed by atoms with Gasteiger partial charge in [0.1, 0.15) is 0 Å². The summed E-state index contributed by atoms with van der Waals surface area (Å²) in [5.74, 6) is -0.424. The first-order chi connectivity index (χ1) is 24.6. The molecule has 2 aliphatic heterocycles. The van der Waals surface area contributed by atoms with E-state index < -0.39 is 33.6 Å². The molecular formula is C44H63NO7. The molecule has 2 saturated heterocycles. The average Bonchev–Trinajstić information content (AvgIpc) is 3.81. The number of hydrogen-bond donors (Lipinski definition) is 2. The van der Waals surface area contributed by atoms with Crippen LogP contribution in [-0.4, -0.2) is 75.9 Å². The average molecular weight is 718 g/mol. The fourth-order valence-corrected chi connectivity index (χ4v) is 11.3. The van der Waals surface area contributed by atoms with Crippen molar-refractivity contribution in [3.05, 3.63) is 46.5 Å². The first-order valence-electron chi connectivity index (χ1n) is 20.5. The number of Topliss-reactive ketones (excluding diaryl/α,β-unsaturated/α-hetero) is 1. The SMILES string of the molecule is CC1=CCCC2(C)C(CCC2(O)CN(CC2CCCO2)C(=O)C23CCC(C)(C(=O)O2)C3(C)C)c2ccc(cc2C(=O)C2CCCCC2)CC(O)CC1. The summed E-state index contributed by atoms with van der Waals surface area (Å²) in [6.45, 7) is 11.3. The Morgan fingerprint density at radius 2 is 1.71 bits per heavy atom. The summed E-state index contributed by atoms with van der Waals surface area (Å²) in [5.41, 5.74) is -0.698. The number of amides is 1. The van der Waals surface area contributed by atoms with E-state index in [2.05, 4.69) is 38.1 Å². The fraction of sp³-hybridized carbons (Fsp3) is 0.750. The van der Waals surface area contributed by atoms with Gasteiger partial charge < -0.3 is 24.6 Å². The quantitative estimate of drug-likeness (QED) is 0.170. The van der Waals surface area contributed by atoms with E-state index in [1.54, 1.807) is 4.90 Å². The second kappa shape index (κ2) is 13.9. The Morgan fingerprint density at radius 1 is 0.942 bits per heavy atom. The molecule has 8 rings (SSSR count). The summed E-state index contributed by atoms with van der Waals surface area (Å²) in [5, 5.41) is 24.2. The summed E-state index contributed by atoms with van der Waals surface area (Å²) in [6.07, 6.45) is 14.1. The van der Waals surface area contributed by atoms with E-state index in [0.29, 0.717) is 58.1 Å². The van der Waals surface area contributed by atoms with E-state index in [9.17, 15) is 19.8 Å². The lowest BCUT2D eigenvalue weighted by Gasteiger charge is -2.48. The first kappa shape index (κ1) is 37.8. The molecule has 1 aromatic rings. The third-order valence-corrected chi connectivity index (χ3v) is 15.5. The molecule has 8 nitrogen and oxygen atoms in total. The monoisotopic (exact) mass is 717 g/mol. The predicted molar refractivity (Wildman–Crippen MR) is 200 cm³/mol. The maximum atomic E-state index is 15.1. The molecule has 7 atom stereocenters. The molecule has 2 heterocycles. The smallest absolute Gasteiger partial charge is 0.313 e. The lowest BCUT2D eigenvalue weighted by atomic mass is 9.64. The number of rotatable bonds is 7. The van der Waals surface area contributed by atoms with Crippen LogP contribution in [0.2, 0.25) is 0 Å². The van der Waals surface area contributed by atoms with Crippen LogP contribution in [0.3, 0.4) is 0 Å². The second-order valence-electron chi connectivity index (χ2n) is 18.6. The number of fused-ring (bicyclic) bond motifs is 10. The number of hydrogen-bond acceptors (Lipinski definition) is 7. The van der Waals surface area contributed by atoms with Crippen LogP contribution in [0.1, 0.15) is 158 Å². The van der Waals surface area contributed by atoms with E-state index in [1.807, 2.05) is 20.8 Å². The van der Waals surface area contributed by atoms with Gasteiger partial charge in [-0.1, -0.05) is 63.8 Å². The van der Waals surface area contributed by atoms with Crippen LogP contribution in [0.25, 0.3) is 0 Å². The van der Waals surface area contributed by atoms with Gasteiger partial charge in [-0.25, -0.2) is 0 Å². The number of benzene rings is 1. The number of nitrogens with zero attached hydrogens (tertiary/aromatic N) is 1. The molecule has 286 valence electrons. The molecule has 5 fully saturated rings. The van der Waals surface area contributed by atoms with Gasteiger partial charge in [-0.2, -0.15) is 0 Å². The Labute approximate surface area is 311 Å². The van der Waals surface area contributed by atoms with E-state index in [0.717, 1.165) is 68.1 Å². The zero-order chi connectivity index (χ0) is 37.1. The Kier molecular flexibility index (Phi) is 10.1. The van der Waals surface area contributed by atoms with Gasteiger partial charge in [0.2, 0.25) is 0 Å². The van der Waals surface area contributed by atoms with Crippen LogP contribution in [0.15, 0.2) is 29.8 Å². The number of ketones is 1. The lowest BCUT2D eigenvalue weighted by Crippen LogP contribution is -2.61. The van der Waals surface area contributed by atoms with Crippen LogP contribution in [-0.2, 0) is 25.5 Å². The lowest BCUT2D eigenvalue weighted by molar-refractivity contribution is -0.178. The first-order valence-corrected chi connectivity index (χ1v) is 20.5.